The zero-order valence-electron chi connectivity index (χ0n) is 12.4. The molecule has 19 heavy (non-hydrogen) atoms. The van der Waals surface area contributed by atoms with Gasteiger partial charge >= 0.3 is 0 Å². The highest BCUT2D eigenvalue weighted by atomic mass is 32.2. The first-order valence-corrected chi connectivity index (χ1v) is 8.63. The smallest absolute Gasteiger partial charge is 0.119 e. The fraction of sp³-hybridized carbons (Fsp3) is 0.625. The molecule has 0 amide bonds. The van der Waals surface area contributed by atoms with Gasteiger partial charge in [0.25, 0.3) is 0 Å². The number of unbranched alkanes of at least 4 members (excludes halogenated alkanes) is 1. The van der Waals surface area contributed by atoms with Crippen LogP contribution in [0.25, 0.3) is 0 Å². The van der Waals surface area contributed by atoms with Crippen molar-refractivity contribution in [1.29, 1.82) is 0 Å². The largest absolute Gasteiger partial charge is 0.494 e. The lowest BCUT2D eigenvalue weighted by Gasteiger charge is -2.15. The number of hydrogen-bond donors (Lipinski definition) is 1. The van der Waals surface area contributed by atoms with E-state index in [1.54, 1.807) is 0 Å². The van der Waals surface area contributed by atoms with Gasteiger partial charge in [-0.1, -0.05) is 32.4 Å². The summed E-state index contributed by atoms with van der Waals surface area (Å²) in [5.74, 6) is 2.16. The van der Waals surface area contributed by atoms with Gasteiger partial charge < -0.3 is 10.1 Å². The van der Waals surface area contributed by atoms with Gasteiger partial charge in [0, 0.05) is 18.3 Å². The van der Waals surface area contributed by atoms with Crippen LogP contribution in [0.15, 0.2) is 24.3 Å². The molecule has 1 unspecified atom stereocenters. The Bertz CT molecular complexity index is 326. The third-order valence-corrected chi connectivity index (χ3v) is 3.88. The van der Waals surface area contributed by atoms with Crippen molar-refractivity contribution in [2.45, 2.75) is 45.7 Å². The maximum atomic E-state index is 5.66. The summed E-state index contributed by atoms with van der Waals surface area (Å²) in [5, 5.41) is 3.60. The van der Waals surface area contributed by atoms with Gasteiger partial charge in [-0.3, -0.25) is 0 Å². The molecule has 108 valence electrons. The number of nitrogens with one attached hydrogen (secondary N) is 1. The molecule has 0 heterocycles. The first-order valence-electron chi connectivity index (χ1n) is 7.24. The number of benzene rings is 1. The zero-order valence-corrected chi connectivity index (χ0v) is 13.3. The van der Waals surface area contributed by atoms with Crippen LogP contribution in [-0.2, 0) is 6.54 Å². The Morgan fingerprint density at radius 2 is 1.95 bits per heavy atom. The van der Waals surface area contributed by atoms with Crippen molar-refractivity contribution in [2.75, 3.05) is 18.6 Å². The molecule has 0 aromatic heterocycles. The Balaban J connectivity index is 2.34. The molecule has 0 bridgehead atoms. The van der Waals surface area contributed by atoms with Gasteiger partial charge in [0.15, 0.2) is 0 Å². The highest BCUT2D eigenvalue weighted by molar-refractivity contribution is 7.98. The fourth-order valence-corrected chi connectivity index (χ4v) is 2.58. The summed E-state index contributed by atoms with van der Waals surface area (Å²) in [7, 11) is 0. The van der Waals surface area contributed by atoms with Crippen molar-refractivity contribution < 1.29 is 4.74 Å². The second-order valence-electron chi connectivity index (χ2n) is 4.79. The van der Waals surface area contributed by atoms with Crippen LogP contribution in [0.5, 0.6) is 5.75 Å². The molecule has 0 saturated carbocycles. The number of rotatable bonds is 10. The molecule has 0 saturated heterocycles. The topological polar surface area (TPSA) is 21.3 Å². The highest BCUT2D eigenvalue weighted by Crippen LogP contribution is 2.13. The van der Waals surface area contributed by atoms with Crippen LogP contribution >= 0.6 is 11.8 Å². The minimum Gasteiger partial charge on any atom is -0.494 e. The number of ether oxygens (including phenoxy) is 1. The van der Waals surface area contributed by atoms with Gasteiger partial charge in [-0.15, -0.1) is 0 Å². The molecule has 1 rings (SSSR count). The average Bonchev–Trinajstić information content (AvgIpc) is 2.45. The summed E-state index contributed by atoms with van der Waals surface area (Å²) in [4.78, 5) is 0. The molecule has 1 N–H and O–H groups in total. The molecule has 0 fully saturated rings. The predicted octanol–water partition coefficient (Wildman–Crippen LogP) is 4.10. The molecule has 2 nitrogen and oxygen atoms in total. The van der Waals surface area contributed by atoms with Gasteiger partial charge in [0.2, 0.25) is 0 Å². The molecule has 1 aromatic rings. The van der Waals surface area contributed by atoms with E-state index >= 15 is 0 Å². The Morgan fingerprint density at radius 3 is 2.53 bits per heavy atom. The van der Waals surface area contributed by atoms with Gasteiger partial charge in [0.05, 0.1) is 6.61 Å². The van der Waals surface area contributed by atoms with E-state index in [2.05, 4.69) is 49.7 Å². The molecule has 0 spiro atoms. The summed E-state index contributed by atoms with van der Waals surface area (Å²) in [5.41, 5.74) is 1.32. The zero-order chi connectivity index (χ0) is 13.9. The maximum absolute atomic E-state index is 5.66. The molecular formula is C16H27NOS. The van der Waals surface area contributed by atoms with Gasteiger partial charge in [0.1, 0.15) is 5.75 Å². The first kappa shape index (κ1) is 16.4. The van der Waals surface area contributed by atoms with E-state index in [4.69, 9.17) is 4.74 Å². The molecule has 1 aromatic carbocycles. The van der Waals surface area contributed by atoms with Crippen LogP contribution in [0.2, 0.25) is 0 Å². The molecule has 1 atom stereocenters. The first-order chi connectivity index (χ1) is 9.30. The molecule has 3 heteroatoms. The van der Waals surface area contributed by atoms with Crippen molar-refractivity contribution >= 4 is 11.8 Å². The van der Waals surface area contributed by atoms with E-state index < -0.39 is 0 Å². The van der Waals surface area contributed by atoms with Crippen molar-refractivity contribution in [3.8, 4) is 5.75 Å². The van der Waals surface area contributed by atoms with Crippen LogP contribution in [0, 0.1) is 0 Å². The van der Waals surface area contributed by atoms with E-state index in [0.717, 1.165) is 25.3 Å². The van der Waals surface area contributed by atoms with Crippen LogP contribution in [0.1, 0.15) is 38.7 Å². The predicted molar refractivity (Wildman–Crippen MR) is 86.1 cm³/mol. The average molecular weight is 281 g/mol. The summed E-state index contributed by atoms with van der Waals surface area (Å²) < 4.78 is 5.66. The third-order valence-electron chi connectivity index (χ3n) is 3.15. The molecule has 0 radical (unpaired) electrons. The van der Waals surface area contributed by atoms with Crippen molar-refractivity contribution in [1.82, 2.24) is 5.32 Å². The van der Waals surface area contributed by atoms with E-state index in [9.17, 15) is 0 Å². The number of thioether (sulfide) groups is 1. The van der Waals surface area contributed by atoms with Crippen LogP contribution < -0.4 is 10.1 Å². The van der Waals surface area contributed by atoms with E-state index in [-0.39, 0.29) is 0 Å². The van der Waals surface area contributed by atoms with Gasteiger partial charge in [-0.05, 0) is 36.8 Å². The summed E-state index contributed by atoms with van der Waals surface area (Å²) >= 11 is 1.90. The monoisotopic (exact) mass is 281 g/mol. The van der Waals surface area contributed by atoms with Crippen molar-refractivity contribution in [2.24, 2.45) is 0 Å². The third kappa shape index (κ3) is 6.88. The SMILES string of the molecule is CCCCOc1ccc(CNC(CC)CSC)cc1. The second-order valence-corrected chi connectivity index (χ2v) is 5.70. The Labute approximate surface area is 122 Å². The van der Waals surface area contributed by atoms with E-state index in [1.807, 2.05) is 11.8 Å². The van der Waals surface area contributed by atoms with Gasteiger partial charge in [-0.25, -0.2) is 0 Å². The molecule has 0 aliphatic heterocycles. The summed E-state index contributed by atoms with van der Waals surface area (Å²) in [6.07, 6.45) is 5.64. The van der Waals surface area contributed by atoms with E-state index in [0.29, 0.717) is 6.04 Å². The normalized spacial score (nSPS) is 12.4. The quantitative estimate of drug-likeness (QED) is 0.653. The Hall–Kier alpha value is -0.670. The van der Waals surface area contributed by atoms with E-state index in [1.165, 1.54) is 24.2 Å². The Kier molecular flexibility index (Phi) is 8.76. The molecule has 0 aliphatic rings. The van der Waals surface area contributed by atoms with Gasteiger partial charge in [-0.2, -0.15) is 11.8 Å². The van der Waals surface area contributed by atoms with Crippen molar-refractivity contribution in [3.63, 3.8) is 0 Å². The minimum atomic E-state index is 0.607. The highest BCUT2D eigenvalue weighted by Gasteiger charge is 2.04. The lowest BCUT2D eigenvalue weighted by Crippen LogP contribution is -2.30. The fourth-order valence-electron chi connectivity index (χ4n) is 1.82. The molecular weight excluding hydrogens is 254 g/mol. The summed E-state index contributed by atoms with van der Waals surface area (Å²) in [6, 6.07) is 9.06. The maximum Gasteiger partial charge on any atom is 0.119 e. The molecule has 0 aliphatic carbocycles. The number of hydrogen-bond acceptors (Lipinski definition) is 3. The van der Waals surface area contributed by atoms with Crippen molar-refractivity contribution in [3.05, 3.63) is 29.8 Å². The lowest BCUT2D eigenvalue weighted by molar-refractivity contribution is 0.309. The second kappa shape index (κ2) is 10.2. The van der Waals surface area contributed by atoms with Crippen LogP contribution in [0.3, 0.4) is 0 Å². The summed E-state index contributed by atoms with van der Waals surface area (Å²) in [6.45, 7) is 6.17. The van der Waals surface area contributed by atoms with Crippen LogP contribution in [0.4, 0.5) is 0 Å². The minimum absolute atomic E-state index is 0.607. The lowest BCUT2D eigenvalue weighted by atomic mass is 10.2. The Morgan fingerprint density at radius 1 is 1.21 bits per heavy atom. The standard InChI is InChI=1S/C16H27NOS/c1-4-6-11-18-16-9-7-14(8-10-16)12-17-15(5-2)13-19-3/h7-10,15,17H,4-6,11-13H2,1-3H3. The van der Waals surface area contributed by atoms with Crippen LogP contribution in [-0.4, -0.2) is 24.7 Å².